The van der Waals surface area contributed by atoms with E-state index < -0.39 is 0 Å². The summed E-state index contributed by atoms with van der Waals surface area (Å²) in [7, 11) is 0. The molecule has 0 saturated heterocycles. The van der Waals surface area contributed by atoms with Gasteiger partial charge in [-0.3, -0.25) is 4.79 Å². The van der Waals surface area contributed by atoms with Crippen molar-refractivity contribution in [1.29, 1.82) is 0 Å². The molecule has 1 rings (SSSR count). The first-order valence-electron chi connectivity index (χ1n) is 5.10. The van der Waals surface area contributed by atoms with Gasteiger partial charge in [-0.15, -0.1) is 0 Å². The molecule has 1 heterocycles. The smallest absolute Gasteiger partial charge is 0.248 e. The van der Waals surface area contributed by atoms with Crippen molar-refractivity contribution in [3.63, 3.8) is 0 Å². The van der Waals surface area contributed by atoms with Gasteiger partial charge in [0, 0.05) is 17.8 Å². The lowest BCUT2D eigenvalue weighted by Crippen LogP contribution is -2.16. The average molecular weight is 194 g/mol. The average Bonchev–Trinajstić information content (AvgIpc) is 2.14. The second-order valence-corrected chi connectivity index (χ2v) is 3.65. The number of unbranched alkanes of at least 4 members (excludes halogenated alkanes) is 1. The number of nitrogens with two attached hydrogens (primary N) is 1. The van der Waals surface area contributed by atoms with Crippen LogP contribution in [0.4, 0.5) is 0 Å². The number of hydrogen-bond donors (Lipinski definition) is 2. The highest BCUT2D eigenvalue weighted by Gasteiger charge is 2.08. The third-order valence-corrected chi connectivity index (χ3v) is 2.43. The van der Waals surface area contributed by atoms with E-state index in [1.54, 1.807) is 0 Å². The van der Waals surface area contributed by atoms with E-state index in [1.165, 1.54) is 6.07 Å². The zero-order valence-corrected chi connectivity index (χ0v) is 8.84. The van der Waals surface area contributed by atoms with E-state index in [0.717, 1.165) is 30.5 Å². The molecule has 1 aromatic heterocycles. The number of aromatic nitrogens is 1. The number of aromatic amines is 1. The van der Waals surface area contributed by atoms with Crippen LogP contribution in [0.3, 0.4) is 0 Å². The zero-order chi connectivity index (χ0) is 10.6. The van der Waals surface area contributed by atoms with Crippen LogP contribution in [0.1, 0.15) is 43.5 Å². The fourth-order valence-corrected chi connectivity index (χ4v) is 1.57. The largest absolute Gasteiger partial charge is 0.326 e. The predicted octanol–water partition coefficient (Wildman–Crippen LogP) is 1.87. The summed E-state index contributed by atoms with van der Waals surface area (Å²) in [5, 5.41) is 0. The second-order valence-electron chi connectivity index (χ2n) is 3.65. The summed E-state index contributed by atoms with van der Waals surface area (Å²) in [6.45, 7) is 4.04. The highest BCUT2D eigenvalue weighted by Crippen LogP contribution is 2.17. The summed E-state index contributed by atoms with van der Waals surface area (Å²) in [6, 6.07) is 3.41. The van der Waals surface area contributed by atoms with Crippen LogP contribution in [0.25, 0.3) is 0 Å². The molecule has 0 aliphatic heterocycles. The minimum atomic E-state index is -0.0612. The van der Waals surface area contributed by atoms with Crippen molar-refractivity contribution < 1.29 is 0 Å². The van der Waals surface area contributed by atoms with E-state index >= 15 is 0 Å². The van der Waals surface area contributed by atoms with Crippen LogP contribution < -0.4 is 11.3 Å². The zero-order valence-electron chi connectivity index (χ0n) is 8.84. The molecule has 0 spiro atoms. The second kappa shape index (κ2) is 4.96. The van der Waals surface area contributed by atoms with Gasteiger partial charge in [-0.25, -0.2) is 0 Å². The van der Waals surface area contributed by atoms with E-state index in [-0.39, 0.29) is 11.6 Å². The topological polar surface area (TPSA) is 58.9 Å². The van der Waals surface area contributed by atoms with Crippen LogP contribution in [-0.4, -0.2) is 4.98 Å². The third kappa shape index (κ3) is 2.70. The van der Waals surface area contributed by atoms with E-state index in [0.29, 0.717) is 0 Å². The molecule has 0 amide bonds. The van der Waals surface area contributed by atoms with Crippen LogP contribution in [0.5, 0.6) is 0 Å². The summed E-state index contributed by atoms with van der Waals surface area (Å²) in [5.74, 6) is 0. The van der Waals surface area contributed by atoms with Gasteiger partial charge in [-0.05, 0) is 18.9 Å². The highest BCUT2D eigenvalue weighted by molar-refractivity contribution is 5.21. The number of rotatable bonds is 4. The summed E-state index contributed by atoms with van der Waals surface area (Å²) in [6.07, 6.45) is 3.25. The van der Waals surface area contributed by atoms with Gasteiger partial charge in [0.2, 0.25) is 5.56 Å². The van der Waals surface area contributed by atoms with E-state index in [1.807, 2.05) is 13.0 Å². The quantitative estimate of drug-likeness (QED) is 0.768. The monoisotopic (exact) mass is 194 g/mol. The number of nitrogens with one attached hydrogen (secondary N) is 1. The van der Waals surface area contributed by atoms with E-state index in [4.69, 9.17) is 5.73 Å². The Morgan fingerprint density at radius 3 is 2.79 bits per heavy atom. The highest BCUT2D eigenvalue weighted by atomic mass is 16.1. The van der Waals surface area contributed by atoms with Gasteiger partial charge in [-0.1, -0.05) is 25.8 Å². The van der Waals surface area contributed by atoms with Crippen molar-refractivity contribution >= 4 is 0 Å². The van der Waals surface area contributed by atoms with Crippen LogP contribution in [0.15, 0.2) is 16.9 Å². The molecular formula is C11H18N2O. The summed E-state index contributed by atoms with van der Waals surface area (Å²) in [4.78, 5) is 13.7. The third-order valence-electron chi connectivity index (χ3n) is 2.43. The number of aryl methyl sites for hydroxylation is 1. The standard InChI is InChI=1S/C11H18N2O/c1-3-4-5-10(12)9-6-7-11(14)13-8(9)2/h6-7,10H,3-5,12H2,1-2H3,(H,13,14). The number of H-pyrrole nitrogens is 1. The summed E-state index contributed by atoms with van der Waals surface area (Å²) >= 11 is 0. The maximum Gasteiger partial charge on any atom is 0.248 e. The Balaban J connectivity index is 2.79. The first kappa shape index (κ1) is 11.0. The van der Waals surface area contributed by atoms with Gasteiger partial charge in [0.1, 0.15) is 0 Å². The van der Waals surface area contributed by atoms with Gasteiger partial charge < -0.3 is 10.7 Å². The Bertz CT molecular complexity index is 343. The SMILES string of the molecule is CCCCC(N)c1ccc(=O)[nH]c1C. The lowest BCUT2D eigenvalue weighted by Gasteiger charge is -2.13. The van der Waals surface area contributed by atoms with Crippen molar-refractivity contribution in [3.05, 3.63) is 33.7 Å². The van der Waals surface area contributed by atoms with Gasteiger partial charge in [0.25, 0.3) is 0 Å². The molecule has 0 aliphatic carbocycles. The first-order chi connectivity index (χ1) is 6.65. The molecule has 3 N–H and O–H groups in total. The molecule has 1 aromatic rings. The first-order valence-corrected chi connectivity index (χ1v) is 5.10. The molecule has 78 valence electrons. The van der Waals surface area contributed by atoms with Crippen molar-refractivity contribution in [1.82, 2.24) is 4.98 Å². The van der Waals surface area contributed by atoms with Crippen LogP contribution >= 0.6 is 0 Å². The normalized spacial score (nSPS) is 12.8. The minimum Gasteiger partial charge on any atom is -0.326 e. The number of hydrogen-bond acceptors (Lipinski definition) is 2. The fraction of sp³-hybridized carbons (Fsp3) is 0.545. The lowest BCUT2D eigenvalue weighted by molar-refractivity contribution is 0.598. The molecule has 0 aromatic carbocycles. The Morgan fingerprint density at radius 1 is 1.50 bits per heavy atom. The van der Waals surface area contributed by atoms with Crippen LogP contribution in [0, 0.1) is 6.92 Å². The van der Waals surface area contributed by atoms with Gasteiger partial charge in [0.05, 0.1) is 0 Å². The maximum absolute atomic E-state index is 11.0. The molecule has 0 bridgehead atoms. The molecule has 0 aliphatic rings. The van der Waals surface area contributed by atoms with Gasteiger partial charge in [-0.2, -0.15) is 0 Å². The molecule has 0 saturated carbocycles. The molecule has 0 radical (unpaired) electrons. The van der Waals surface area contributed by atoms with Gasteiger partial charge in [0.15, 0.2) is 0 Å². The fourth-order valence-electron chi connectivity index (χ4n) is 1.57. The molecule has 3 nitrogen and oxygen atoms in total. The van der Waals surface area contributed by atoms with E-state index in [2.05, 4.69) is 11.9 Å². The molecule has 0 fully saturated rings. The molecule has 1 atom stereocenters. The maximum atomic E-state index is 11.0. The molecule has 14 heavy (non-hydrogen) atoms. The van der Waals surface area contributed by atoms with Crippen molar-refractivity contribution in [2.45, 2.75) is 39.2 Å². The van der Waals surface area contributed by atoms with Crippen molar-refractivity contribution in [3.8, 4) is 0 Å². The van der Waals surface area contributed by atoms with Crippen LogP contribution in [-0.2, 0) is 0 Å². The molecular weight excluding hydrogens is 176 g/mol. The van der Waals surface area contributed by atoms with Crippen molar-refractivity contribution in [2.75, 3.05) is 0 Å². The lowest BCUT2D eigenvalue weighted by atomic mass is 10.0. The Kier molecular flexibility index (Phi) is 3.89. The molecule has 3 heteroatoms. The predicted molar refractivity (Wildman–Crippen MR) is 58.3 cm³/mol. The Hall–Kier alpha value is -1.09. The Labute approximate surface area is 84.3 Å². The molecule has 1 unspecified atom stereocenters. The van der Waals surface area contributed by atoms with E-state index in [9.17, 15) is 4.79 Å². The van der Waals surface area contributed by atoms with Crippen LogP contribution in [0.2, 0.25) is 0 Å². The summed E-state index contributed by atoms with van der Waals surface area (Å²) in [5.41, 5.74) is 7.89. The summed E-state index contributed by atoms with van der Waals surface area (Å²) < 4.78 is 0. The van der Waals surface area contributed by atoms with Crippen molar-refractivity contribution in [2.24, 2.45) is 5.73 Å². The minimum absolute atomic E-state index is 0.0480. The Morgan fingerprint density at radius 2 is 2.21 bits per heavy atom. The number of pyridine rings is 1. The van der Waals surface area contributed by atoms with Gasteiger partial charge >= 0.3 is 0 Å².